The Kier molecular flexibility index (Phi) is 5.26. The van der Waals surface area contributed by atoms with Crippen LogP contribution in [0.3, 0.4) is 0 Å². The predicted molar refractivity (Wildman–Crippen MR) is 97.7 cm³/mol. The predicted octanol–water partition coefficient (Wildman–Crippen LogP) is 2.99. The van der Waals surface area contributed by atoms with Gasteiger partial charge >= 0.3 is 0 Å². The lowest BCUT2D eigenvalue weighted by atomic mass is 10.1. The zero-order chi connectivity index (χ0) is 17.6. The maximum absolute atomic E-state index is 12.1. The van der Waals surface area contributed by atoms with Crippen molar-refractivity contribution in [1.82, 2.24) is 15.1 Å². The Morgan fingerprint density at radius 2 is 1.72 bits per heavy atom. The maximum atomic E-state index is 12.1. The van der Waals surface area contributed by atoms with E-state index in [1.807, 2.05) is 30.3 Å². The van der Waals surface area contributed by atoms with Crippen molar-refractivity contribution in [2.45, 2.75) is 6.54 Å². The summed E-state index contributed by atoms with van der Waals surface area (Å²) in [5, 5.41) is 7.50. The molecule has 5 nitrogen and oxygen atoms in total. The molecule has 1 N–H and O–H groups in total. The maximum Gasteiger partial charge on any atom is 0.266 e. The van der Waals surface area contributed by atoms with Crippen molar-refractivity contribution in [3.8, 4) is 11.3 Å². The Hall–Kier alpha value is -2.92. The van der Waals surface area contributed by atoms with E-state index in [1.165, 1.54) is 10.7 Å². The molecule has 1 amide bonds. The highest BCUT2D eigenvalue weighted by molar-refractivity contribution is 6.33. The van der Waals surface area contributed by atoms with Gasteiger partial charge in [0.25, 0.3) is 11.5 Å². The molecule has 25 heavy (non-hydrogen) atoms. The normalized spacial score (nSPS) is 10.4. The highest BCUT2D eigenvalue weighted by Gasteiger charge is 2.09. The first-order valence-electron chi connectivity index (χ1n) is 7.81. The third kappa shape index (κ3) is 4.14. The summed E-state index contributed by atoms with van der Waals surface area (Å²) in [6.45, 7) is 0.547. The molecular formula is C19H16ClN3O2. The third-order valence-corrected chi connectivity index (χ3v) is 3.99. The Labute approximate surface area is 149 Å². The van der Waals surface area contributed by atoms with Crippen molar-refractivity contribution < 1.29 is 4.79 Å². The number of aromatic nitrogens is 2. The number of rotatable bonds is 5. The molecule has 1 aromatic heterocycles. The van der Waals surface area contributed by atoms with Crippen molar-refractivity contribution in [1.29, 1.82) is 0 Å². The SMILES string of the molecule is O=C(NCCn1nc(-c2ccccc2)ccc1=O)c1ccccc1Cl. The summed E-state index contributed by atoms with van der Waals surface area (Å²) < 4.78 is 1.34. The summed E-state index contributed by atoms with van der Waals surface area (Å²) in [6.07, 6.45) is 0. The minimum atomic E-state index is -0.280. The number of carbonyl (C=O) groups is 1. The lowest BCUT2D eigenvalue weighted by molar-refractivity contribution is 0.0952. The quantitative estimate of drug-likeness (QED) is 0.767. The van der Waals surface area contributed by atoms with Crippen molar-refractivity contribution in [3.05, 3.63) is 87.7 Å². The first-order chi connectivity index (χ1) is 12.1. The van der Waals surface area contributed by atoms with E-state index in [1.54, 1.807) is 30.3 Å². The standard InChI is InChI=1S/C19H16ClN3O2/c20-16-9-5-4-8-15(16)19(25)21-12-13-23-18(24)11-10-17(22-23)14-6-2-1-3-7-14/h1-11H,12-13H2,(H,21,25). The number of carbonyl (C=O) groups excluding carboxylic acids is 1. The molecule has 3 rings (SSSR count). The fraction of sp³-hybridized carbons (Fsp3) is 0.105. The molecule has 2 aromatic carbocycles. The van der Waals surface area contributed by atoms with Crippen LogP contribution in [0, 0.1) is 0 Å². The zero-order valence-electron chi connectivity index (χ0n) is 13.4. The Balaban J connectivity index is 1.68. The molecule has 0 unspecified atom stereocenters. The molecule has 0 aliphatic rings. The van der Waals surface area contributed by atoms with Crippen molar-refractivity contribution in [2.75, 3.05) is 6.54 Å². The minimum Gasteiger partial charge on any atom is -0.350 e. The van der Waals surface area contributed by atoms with Crippen LogP contribution in [0.2, 0.25) is 5.02 Å². The lowest BCUT2D eigenvalue weighted by Crippen LogP contribution is -2.32. The molecule has 0 bridgehead atoms. The number of hydrogen-bond donors (Lipinski definition) is 1. The van der Waals surface area contributed by atoms with E-state index in [0.717, 1.165) is 5.56 Å². The number of halogens is 1. The fourth-order valence-corrected chi connectivity index (χ4v) is 2.61. The summed E-state index contributed by atoms with van der Waals surface area (Å²) in [5.41, 5.74) is 1.82. The largest absolute Gasteiger partial charge is 0.350 e. The molecule has 0 radical (unpaired) electrons. The zero-order valence-corrected chi connectivity index (χ0v) is 14.1. The lowest BCUT2D eigenvalue weighted by Gasteiger charge is -2.09. The minimum absolute atomic E-state index is 0.216. The van der Waals surface area contributed by atoms with Crippen LogP contribution in [-0.2, 0) is 6.54 Å². The van der Waals surface area contributed by atoms with Crippen LogP contribution < -0.4 is 10.9 Å². The van der Waals surface area contributed by atoms with E-state index in [9.17, 15) is 9.59 Å². The van der Waals surface area contributed by atoms with Crippen LogP contribution in [0.25, 0.3) is 11.3 Å². The van der Waals surface area contributed by atoms with E-state index < -0.39 is 0 Å². The molecule has 126 valence electrons. The van der Waals surface area contributed by atoms with Crippen molar-refractivity contribution in [3.63, 3.8) is 0 Å². The average molecular weight is 354 g/mol. The van der Waals surface area contributed by atoms with Crippen molar-refractivity contribution in [2.24, 2.45) is 0 Å². The van der Waals surface area contributed by atoms with Gasteiger partial charge in [-0.2, -0.15) is 5.10 Å². The first-order valence-corrected chi connectivity index (χ1v) is 8.19. The van der Waals surface area contributed by atoms with Gasteiger partial charge in [0.1, 0.15) is 0 Å². The van der Waals surface area contributed by atoms with E-state index in [-0.39, 0.29) is 24.6 Å². The monoisotopic (exact) mass is 353 g/mol. The second kappa shape index (κ2) is 7.77. The number of hydrogen-bond acceptors (Lipinski definition) is 3. The highest BCUT2D eigenvalue weighted by Crippen LogP contribution is 2.15. The van der Waals surface area contributed by atoms with E-state index in [4.69, 9.17) is 11.6 Å². The molecule has 1 heterocycles. The number of nitrogens with zero attached hydrogens (tertiary/aromatic N) is 2. The highest BCUT2D eigenvalue weighted by atomic mass is 35.5. The smallest absolute Gasteiger partial charge is 0.266 e. The summed E-state index contributed by atoms with van der Waals surface area (Å²) in [7, 11) is 0. The Bertz CT molecular complexity index is 939. The van der Waals surface area contributed by atoms with Gasteiger partial charge in [-0.1, -0.05) is 54.1 Å². The molecule has 0 atom stereocenters. The van der Waals surface area contributed by atoms with Crippen LogP contribution in [0.4, 0.5) is 0 Å². The topological polar surface area (TPSA) is 64.0 Å². The fourth-order valence-electron chi connectivity index (χ4n) is 2.39. The van der Waals surface area contributed by atoms with Gasteiger partial charge in [0, 0.05) is 18.2 Å². The summed E-state index contributed by atoms with van der Waals surface area (Å²) in [5.74, 6) is -0.280. The van der Waals surface area contributed by atoms with Crippen LogP contribution >= 0.6 is 11.6 Å². The van der Waals surface area contributed by atoms with Gasteiger partial charge in [0.05, 0.1) is 22.8 Å². The average Bonchev–Trinajstić information content (AvgIpc) is 2.64. The van der Waals surface area contributed by atoms with Gasteiger partial charge in [0.15, 0.2) is 0 Å². The van der Waals surface area contributed by atoms with Gasteiger partial charge < -0.3 is 5.32 Å². The van der Waals surface area contributed by atoms with Gasteiger partial charge in [-0.05, 0) is 18.2 Å². The van der Waals surface area contributed by atoms with Gasteiger partial charge in [-0.25, -0.2) is 4.68 Å². The molecule has 0 aliphatic carbocycles. The van der Waals surface area contributed by atoms with Crippen molar-refractivity contribution >= 4 is 17.5 Å². The first kappa shape index (κ1) is 16.9. The molecule has 0 saturated heterocycles. The van der Waals surface area contributed by atoms with E-state index in [2.05, 4.69) is 10.4 Å². The second-order valence-electron chi connectivity index (χ2n) is 5.38. The molecule has 6 heteroatoms. The van der Waals surface area contributed by atoms with E-state index >= 15 is 0 Å². The van der Waals surface area contributed by atoms with Crippen LogP contribution in [-0.4, -0.2) is 22.2 Å². The van der Waals surface area contributed by atoms with Crippen LogP contribution in [0.1, 0.15) is 10.4 Å². The van der Waals surface area contributed by atoms with E-state index in [0.29, 0.717) is 16.3 Å². The Morgan fingerprint density at radius 1 is 1.00 bits per heavy atom. The van der Waals surface area contributed by atoms with Gasteiger partial charge in [-0.15, -0.1) is 0 Å². The summed E-state index contributed by atoms with van der Waals surface area (Å²) in [6, 6.07) is 19.6. The van der Waals surface area contributed by atoms with Crippen LogP contribution in [0.15, 0.2) is 71.5 Å². The number of amides is 1. The molecule has 3 aromatic rings. The second-order valence-corrected chi connectivity index (χ2v) is 5.79. The van der Waals surface area contributed by atoms with Gasteiger partial charge in [-0.3, -0.25) is 9.59 Å². The molecule has 0 aliphatic heterocycles. The Morgan fingerprint density at radius 3 is 2.48 bits per heavy atom. The molecule has 0 saturated carbocycles. The van der Waals surface area contributed by atoms with Gasteiger partial charge in [0.2, 0.25) is 0 Å². The number of benzene rings is 2. The summed E-state index contributed by atoms with van der Waals surface area (Å²) in [4.78, 5) is 24.1. The summed E-state index contributed by atoms with van der Waals surface area (Å²) >= 11 is 6.00. The number of nitrogens with one attached hydrogen (secondary N) is 1. The molecular weight excluding hydrogens is 338 g/mol. The third-order valence-electron chi connectivity index (χ3n) is 3.66. The van der Waals surface area contributed by atoms with Crippen LogP contribution in [0.5, 0.6) is 0 Å². The molecule has 0 spiro atoms. The molecule has 0 fully saturated rings.